The molecule has 0 saturated carbocycles. The Hall–Kier alpha value is -1.74. The minimum Gasteiger partial charge on any atom is -1.00 e. The SMILES string of the molecule is Cc1cccc[n+]1-c1cc(O)ccc1O.[Cl-]. The number of pyridine rings is 1. The molecule has 0 fully saturated rings. The van der Waals surface area contributed by atoms with Gasteiger partial charge in [0.05, 0.1) is 6.07 Å². The van der Waals surface area contributed by atoms with E-state index in [1.54, 1.807) is 0 Å². The van der Waals surface area contributed by atoms with Gasteiger partial charge in [-0.05, 0) is 12.1 Å². The van der Waals surface area contributed by atoms with Gasteiger partial charge in [-0.15, -0.1) is 0 Å². The van der Waals surface area contributed by atoms with Crippen LogP contribution in [0, 0.1) is 6.92 Å². The van der Waals surface area contributed by atoms with Gasteiger partial charge in [-0.25, -0.2) is 0 Å². The molecule has 84 valence electrons. The Balaban J connectivity index is 0.00000128. The van der Waals surface area contributed by atoms with Crippen molar-refractivity contribution in [3.63, 3.8) is 0 Å². The van der Waals surface area contributed by atoms with E-state index >= 15 is 0 Å². The average molecular weight is 238 g/mol. The summed E-state index contributed by atoms with van der Waals surface area (Å²) in [6.07, 6.45) is 1.84. The number of phenols is 2. The van der Waals surface area contributed by atoms with E-state index in [-0.39, 0.29) is 23.9 Å². The van der Waals surface area contributed by atoms with Crippen molar-refractivity contribution in [2.75, 3.05) is 0 Å². The first-order chi connectivity index (χ1) is 7.18. The second kappa shape index (κ2) is 4.86. The fraction of sp³-hybridized carbons (Fsp3) is 0.0833. The monoisotopic (exact) mass is 237 g/mol. The normalized spacial score (nSPS) is 9.56. The van der Waals surface area contributed by atoms with E-state index in [2.05, 4.69) is 0 Å². The first-order valence-electron chi connectivity index (χ1n) is 4.68. The molecule has 16 heavy (non-hydrogen) atoms. The standard InChI is InChI=1S/C12H11NO2.ClH/c1-9-4-2-3-7-13(9)11-8-10(14)5-6-12(11)15;/h2-8H,1H3,(H-,14,15);1H. The number of halogens is 1. The van der Waals surface area contributed by atoms with Gasteiger partial charge >= 0.3 is 0 Å². The summed E-state index contributed by atoms with van der Waals surface area (Å²) in [6, 6.07) is 10.2. The summed E-state index contributed by atoms with van der Waals surface area (Å²) in [5.41, 5.74) is 1.56. The molecule has 2 N–H and O–H groups in total. The van der Waals surface area contributed by atoms with Gasteiger partial charge in [0, 0.05) is 19.1 Å². The first kappa shape index (κ1) is 12.3. The number of phenolic OH excluding ortho intramolecular Hbond substituents is 2. The molecule has 0 spiro atoms. The van der Waals surface area contributed by atoms with E-state index < -0.39 is 0 Å². The fourth-order valence-electron chi connectivity index (χ4n) is 1.50. The molecule has 1 aromatic carbocycles. The lowest BCUT2D eigenvalue weighted by atomic mass is 10.2. The molecule has 0 aliphatic rings. The summed E-state index contributed by atoms with van der Waals surface area (Å²) in [5, 5.41) is 19.0. The average Bonchev–Trinajstić information content (AvgIpc) is 2.23. The van der Waals surface area contributed by atoms with Gasteiger partial charge in [0.1, 0.15) is 5.75 Å². The molecular formula is C12H12ClNO2. The molecule has 2 rings (SSSR count). The van der Waals surface area contributed by atoms with Crippen LogP contribution in [-0.4, -0.2) is 10.2 Å². The van der Waals surface area contributed by atoms with E-state index in [1.165, 1.54) is 18.2 Å². The second-order valence-corrected chi connectivity index (χ2v) is 3.39. The van der Waals surface area contributed by atoms with Gasteiger partial charge in [0.15, 0.2) is 17.6 Å². The van der Waals surface area contributed by atoms with Crippen LogP contribution in [0.3, 0.4) is 0 Å². The maximum absolute atomic E-state index is 9.68. The number of nitrogens with zero attached hydrogens (tertiary/aromatic N) is 1. The maximum atomic E-state index is 9.68. The summed E-state index contributed by atoms with van der Waals surface area (Å²) >= 11 is 0. The van der Waals surface area contributed by atoms with E-state index in [0.717, 1.165) is 5.69 Å². The summed E-state index contributed by atoms with van der Waals surface area (Å²) in [4.78, 5) is 0. The molecule has 0 saturated heterocycles. The Morgan fingerprint density at radius 2 is 1.81 bits per heavy atom. The highest BCUT2D eigenvalue weighted by molar-refractivity contribution is 5.44. The highest BCUT2D eigenvalue weighted by Gasteiger charge is 2.14. The molecule has 0 amide bonds. The van der Waals surface area contributed by atoms with Crippen molar-refractivity contribution in [3.05, 3.63) is 48.3 Å². The molecule has 1 heterocycles. The number of aromatic nitrogens is 1. The minimum atomic E-state index is 0. The van der Waals surface area contributed by atoms with Gasteiger partial charge in [0.25, 0.3) is 5.69 Å². The van der Waals surface area contributed by atoms with Crippen LogP contribution in [0.2, 0.25) is 0 Å². The van der Waals surface area contributed by atoms with Crippen LogP contribution in [0.25, 0.3) is 5.69 Å². The number of benzene rings is 1. The van der Waals surface area contributed by atoms with Crippen LogP contribution in [0.5, 0.6) is 11.5 Å². The topological polar surface area (TPSA) is 44.3 Å². The van der Waals surface area contributed by atoms with Crippen molar-refractivity contribution in [1.29, 1.82) is 0 Å². The number of rotatable bonds is 1. The highest BCUT2D eigenvalue weighted by atomic mass is 35.5. The van der Waals surface area contributed by atoms with Crippen molar-refractivity contribution >= 4 is 0 Å². The van der Waals surface area contributed by atoms with E-state index in [9.17, 15) is 10.2 Å². The molecule has 0 aliphatic carbocycles. The first-order valence-corrected chi connectivity index (χ1v) is 4.68. The fourth-order valence-corrected chi connectivity index (χ4v) is 1.50. The Bertz CT molecular complexity index is 500. The van der Waals surface area contributed by atoms with Crippen LogP contribution in [-0.2, 0) is 0 Å². The van der Waals surface area contributed by atoms with Crippen LogP contribution in [0.4, 0.5) is 0 Å². The van der Waals surface area contributed by atoms with Crippen molar-refractivity contribution in [2.45, 2.75) is 6.92 Å². The molecule has 0 atom stereocenters. The van der Waals surface area contributed by atoms with Crippen molar-refractivity contribution < 1.29 is 27.2 Å². The summed E-state index contributed by atoms with van der Waals surface area (Å²) in [5.74, 6) is 0.283. The summed E-state index contributed by atoms with van der Waals surface area (Å²) in [7, 11) is 0. The summed E-state index contributed by atoms with van der Waals surface area (Å²) in [6.45, 7) is 1.93. The lowest BCUT2D eigenvalue weighted by molar-refractivity contribution is -0.603. The zero-order chi connectivity index (χ0) is 10.8. The molecule has 0 bridgehead atoms. The Morgan fingerprint density at radius 1 is 1.06 bits per heavy atom. The summed E-state index contributed by atoms with van der Waals surface area (Å²) < 4.78 is 1.81. The third-order valence-electron chi connectivity index (χ3n) is 2.28. The largest absolute Gasteiger partial charge is 1.00 e. The predicted molar refractivity (Wildman–Crippen MR) is 56.0 cm³/mol. The van der Waals surface area contributed by atoms with E-state index in [1.807, 2.05) is 35.9 Å². The number of aromatic hydroxyl groups is 2. The number of aryl methyl sites for hydroxylation is 1. The number of hydrogen-bond acceptors (Lipinski definition) is 2. The Morgan fingerprint density at radius 3 is 2.50 bits per heavy atom. The lowest BCUT2D eigenvalue weighted by Gasteiger charge is -2.01. The van der Waals surface area contributed by atoms with Gasteiger partial charge < -0.3 is 22.6 Å². The van der Waals surface area contributed by atoms with E-state index in [4.69, 9.17) is 0 Å². The van der Waals surface area contributed by atoms with Gasteiger partial charge in [-0.2, -0.15) is 4.57 Å². The third-order valence-corrected chi connectivity index (χ3v) is 2.28. The predicted octanol–water partition coefficient (Wildman–Crippen LogP) is -1.31. The van der Waals surface area contributed by atoms with Crippen LogP contribution in [0.1, 0.15) is 5.69 Å². The van der Waals surface area contributed by atoms with Crippen molar-refractivity contribution in [1.82, 2.24) is 0 Å². The van der Waals surface area contributed by atoms with E-state index in [0.29, 0.717) is 5.69 Å². The highest BCUT2D eigenvalue weighted by Crippen LogP contribution is 2.22. The van der Waals surface area contributed by atoms with Crippen LogP contribution >= 0.6 is 0 Å². The van der Waals surface area contributed by atoms with Crippen LogP contribution in [0.15, 0.2) is 42.6 Å². The van der Waals surface area contributed by atoms with Gasteiger partial charge in [0.2, 0.25) is 0 Å². The zero-order valence-corrected chi connectivity index (χ0v) is 9.52. The maximum Gasteiger partial charge on any atom is 0.256 e. The Labute approximate surface area is 100 Å². The van der Waals surface area contributed by atoms with Crippen LogP contribution < -0.4 is 17.0 Å². The van der Waals surface area contributed by atoms with Gasteiger partial charge in [-0.1, -0.05) is 6.07 Å². The smallest absolute Gasteiger partial charge is 0.256 e. The third kappa shape index (κ3) is 2.25. The number of hydrogen-bond donors (Lipinski definition) is 2. The quantitative estimate of drug-likeness (QED) is 0.478. The minimum absolute atomic E-state index is 0. The van der Waals surface area contributed by atoms with Crippen molar-refractivity contribution in [2.24, 2.45) is 0 Å². The van der Waals surface area contributed by atoms with Gasteiger partial charge in [-0.3, -0.25) is 0 Å². The molecule has 0 radical (unpaired) electrons. The molecular weight excluding hydrogens is 226 g/mol. The molecule has 1 aromatic heterocycles. The zero-order valence-electron chi connectivity index (χ0n) is 8.76. The molecule has 0 aliphatic heterocycles. The molecule has 3 nitrogen and oxygen atoms in total. The Kier molecular flexibility index (Phi) is 3.74. The molecule has 4 heteroatoms. The lowest BCUT2D eigenvalue weighted by Crippen LogP contribution is -3.00. The van der Waals surface area contributed by atoms with Crippen molar-refractivity contribution in [3.8, 4) is 17.2 Å². The molecule has 0 unspecified atom stereocenters. The second-order valence-electron chi connectivity index (χ2n) is 3.39. The molecule has 2 aromatic rings.